The summed E-state index contributed by atoms with van der Waals surface area (Å²) < 4.78 is 4.99. The molecule has 1 heterocycles. The zero-order valence-corrected chi connectivity index (χ0v) is 15.5. The minimum Gasteiger partial charge on any atom is -0.546 e. The summed E-state index contributed by atoms with van der Waals surface area (Å²) in [6.45, 7) is -0.383. The normalized spacial score (nSPS) is 9.60. The van der Waals surface area contributed by atoms with Gasteiger partial charge in [0.1, 0.15) is 18.2 Å². The van der Waals surface area contributed by atoms with Gasteiger partial charge >= 0.3 is 35.6 Å². The maximum Gasteiger partial charge on any atom is 1.00 e. The van der Waals surface area contributed by atoms with Crippen LogP contribution in [0.15, 0.2) is 35.5 Å². The van der Waals surface area contributed by atoms with Gasteiger partial charge in [-0.3, -0.25) is 0 Å². The monoisotopic (exact) mass is 354 g/mol. The molecule has 0 fully saturated rings. The molecule has 0 atom stereocenters. The number of imidazole rings is 1. The SMILES string of the molecule is NC(N)=NC(=O)NCc1ncc(-c2ccc(OCC(=O)[O-])cc2)[nH]1.[Na+]. The van der Waals surface area contributed by atoms with Crippen LogP contribution in [0.1, 0.15) is 5.82 Å². The number of hydrogen-bond donors (Lipinski definition) is 4. The third-order valence-electron chi connectivity index (χ3n) is 2.79. The van der Waals surface area contributed by atoms with Crippen molar-refractivity contribution >= 4 is 18.0 Å². The standard InChI is InChI=1S/C14H16N6O4.Na/c15-13(16)20-14(23)18-6-11-17-5-10(19-11)8-1-3-9(4-2-8)24-7-12(21)22;/h1-5H,6-7H2,(H,17,19)(H,21,22)(H5,15,16,18,20,23);/q;+1/p-1. The van der Waals surface area contributed by atoms with Crippen LogP contribution in [0.5, 0.6) is 5.75 Å². The number of ether oxygens (including phenoxy) is 1. The number of rotatable bonds is 6. The summed E-state index contributed by atoms with van der Waals surface area (Å²) in [6, 6.07) is 6.06. The Hall–Kier alpha value is -2.56. The molecular formula is C14H15N6NaO4. The van der Waals surface area contributed by atoms with Crippen LogP contribution in [-0.2, 0) is 11.3 Å². The Morgan fingerprint density at radius 1 is 1.28 bits per heavy atom. The Balaban J connectivity index is 0.00000312. The van der Waals surface area contributed by atoms with E-state index < -0.39 is 18.6 Å². The van der Waals surface area contributed by atoms with Crippen molar-refractivity contribution < 1.29 is 49.0 Å². The average Bonchev–Trinajstić information content (AvgIpc) is 3.00. The molecular weight excluding hydrogens is 339 g/mol. The van der Waals surface area contributed by atoms with Gasteiger partial charge in [-0.05, 0) is 29.8 Å². The molecule has 1 aromatic heterocycles. The van der Waals surface area contributed by atoms with E-state index in [-0.39, 0.29) is 42.1 Å². The molecule has 0 aliphatic carbocycles. The van der Waals surface area contributed by atoms with Crippen LogP contribution in [0, 0.1) is 0 Å². The molecule has 2 rings (SSSR count). The quantitative estimate of drug-likeness (QED) is 0.231. The molecule has 1 aromatic carbocycles. The van der Waals surface area contributed by atoms with Crippen molar-refractivity contribution in [2.24, 2.45) is 16.5 Å². The summed E-state index contributed by atoms with van der Waals surface area (Å²) in [6.07, 6.45) is 1.60. The third-order valence-corrected chi connectivity index (χ3v) is 2.79. The van der Waals surface area contributed by atoms with Crippen LogP contribution in [0.3, 0.4) is 0 Å². The Morgan fingerprint density at radius 3 is 2.56 bits per heavy atom. The predicted molar refractivity (Wildman–Crippen MR) is 82.6 cm³/mol. The van der Waals surface area contributed by atoms with Gasteiger partial charge in [0.25, 0.3) is 0 Å². The number of urea groups is 1. The summed E-state index contributed by atoms with van der Waals surface area (Å²) in [5.74, 6) is -0.692. The van der Waals surface area contributed by atoms with Gasteiger partial charge in [-0.1, -0.05) is 0 Å². The van der Waals surface area contributed by atoms with Crippen LogP contribution in [-0.4, -0.2) is 34.5 Å². The first kappa shape index (κ1) is 20.5. The van der Waals surface area contributed by atoms with E-state index in [2.05, 4.69) is 20.3 Å². The molecule has 0 bridgehead atoms. The molecule has 0 aliphatic heterocycles. The number of amides is 2. The third kappa shape index (κ3) is 6.83. The first-order chi connectivity index (χ1) is 11.4. The van der Waals surface area contributed by atoms with Gasteiger partial charge in [-0.15, -0.1) is 0 Å². The number of carboxylic acid groups (broad SMARTS) is 1. The zero-order valence-electron chi connectivity index (χ0n) is 13.5. The first-order valence-electron chi connectivity index (χ1n) is 6.78. The van der Waals surface area contributed by atoms with Crippen LogP contribution >= 0.6 is 0 Å². The van der Waals surface area contributed by atoms with Crippen molar-refractivity contribution in [3.8, 4) is 17.0 Å². The topological polar surface area (TPSA) is 172 Å². The number of hydrogen-bond acceptors (Lipinski definition) is 5. The summed E-state index contributed by atoms with van der Waals surface area (Å²) in [4.78, 5) is 32.1. The van der Waals surface area contributed by atoms with E-state index in [9.17, 15) is 14.7 Å². The van der Waals surface area contributed by atoms with E-state index >= 15 is 0 Å². The molecule has 10 nitrogen and oxygen atoms in total. The van der Waals surface area contributed by atoms with Crippen molar-refractivity contribution in [1.29, 1.82) is 0 Å². The van der Waals surface area contributed by atoms with E-state index in [1.807, 2.05) is 0 Å². The van der Waals surface area contributed by atoms with E-state index in [0.717, 1.165) is 5.56 Å². The molecule has 25 heavy (non-hydrogen) atoms. The van der Waals surface area contributed by atoms with Gasteiger partial charge in [0.05, 0.1) is 24.4 Å². The second-order valence-corrected chi connectivity index (χ2v) is 4.62. The number of aliphatic imine (C=N–C) groups is 1. The van der Waals surface area contributed by atoms with Gasteiger partial charge < -0.3 is 36.4 Å². The molecule has 6 N–H and O–H groups in total. The minimum absolute atomic E-state index is 0. The van der Waals surface area contributed by atoms with Crippen molar-refractivity contribution in [3.63, 3.8) is 0 Å². The van der Waals surface area contributed by atoms with Crippen LogP contribution in [0.4, 0.5) is 4.79 Å². The fourth-order valence-electron chi connectivity index (χ4n) is 1.79. The average molecular weight is 354 g/mol. The number of carboxylic acids is 1. The Labute approximate surface area is 165 Å². The maximum absolute atomic E-state index is 11.3. The molecule has 11 heteroatoms. The van der Waals surface area contributed by atoms with E-state index in [1.54, 1.807) is 30.5 Å². The number of aliphatic carboxylic acids is 1. The predicted octanol–water partition coefficient (Wildman–Crippen LogP) is -4.31. The van der Waals surface area contributed by atoms with Gasteiger partial charge in [0.15, 0.2) is 5.96 Å². The van der Waals surface area contributed by atoms with Crippen LogP contribution in [0.2, 0.25) is 0 Å². The van der Waals surface area contributed by atoms with Crippen molar-refractivity contribution in [1.82, 2.24) is 15.3 Å². The number of guanidine groups is 1. The second kappa shape index (κ2) is 9.67. The number of aromatic amines is 1. The minimum atomic E-state index is -1.29. The first-order valence-corrected chi connectivity index (χ1v) is 6.78. The number of H-pyrrole nitrogens is 1. The molecule has 126 valence electrons. The Morgan fingerprint density at radius 2 is 1.96 bits per heavy atom. The Bertz CT molecular complexity index is 755. The van der Waals surface area contributed by atoms with Gasteiger partial charge in [0, 0.05) is 0 Å². The molecule has 0 spiro atoms. The van der Waals surface area contributed by atoms with E-state index in [1.165, 1.54) is 0 Å². The number of carbonyl (C=O) groups excluding carboxylic acids is 2. The molecule has 0 radical (unpaired) electrons. The number of aromatic nitrogens is 2. The maximum atomic E-state index is 11.3. The number of carbonyl (C=O) groups is 2. The summed E-state index contributed by atoms with van der Waals surface area (Å²) in [5.41, 5.74) is 11.7. The van der Waals surface area contributed by atoms with Crippen molar-refractivity contribution in [2.45, 2.75) is 6.54 Å². The van der Waals surface area contributed by atoms with Gasteiger partial charge in [-0.25, -0.2) is 9.78 Å². The van der Waals surface area contributed by atoms with Gasteiger partial charge in [-0.2, -0.15) is 4.99 Å². The fraction of sp³-hybridized carbons (Fsp3) is 0.143. The van der Waals surface area contributed by atoms with Crippen molar-refractivity contribution in [3.05, 3.63) is 36.3 Å². The van der Waals surface area contributed by atoms with Crippen molar-refractivity contribution in [2.75, 3.05) is 6.61 Å². The Kier molecular flexibility index (Phi) is 7.92. The number of nitrogens with one attached hydrogen (secondary N) is 2. The van der Waals surface area contributed by atoms with Crippen LogP contribution < -0.4 is 56.2 Å². The van der Waals surface area contributed by atoms with Crippen LogP contribution in [0.25, 0.3) is 11.3 Å². The summed E-state index contributed by atoms with van der Waals surface area (Å²) in [5, 5.41) is 12.8. The van der Waals surface area contributed by atoms with E-state index in [4.69, 9.17) is 16.2 Å². The zero-order chi connectivity index (χ0) is 17.5. The van der Waals surface area contributed by atoms with E-state index in [0.29, 0.717) is 17.3 Å². The molecule has 0 saturated heterocycles. The number of nitrogens with zero attached hydrogens (tertiary/aromatic N) is 2. The smallest absolute Gasteiger partial charge is 0.546 e. The molecule has 0 unspecified atom stereocenters. The largest absolute Gasteiger partial charge is 1.00 e. The molecule has 0 saturated carbocycles. The molecule has 0 aliphatic rings. The summed E-state index contributed by atoms with van der Waals surface area (Å²) in [7, 11) is 0. The fourth-order valence-corrected chi connectivity index (χ4v) is 1.79. The molecule has 2 amide bonds. The number of benzene rings is 1. The number of nitrogens with two attached hydrogens (primary N) is 2. The summed E-state index contributed by atoms with van der Waals surface area (Å²) >= 11 is 0. The van der Waals surface area contributed by atoms with Gasteiger partial charge in [0.2, 0.25) is 0 Å². The second-order valence-electron chi connectivity index (χ2n) is 4.62. The molecule has 2 aromatic rings.